The lowest BCUT2D eigenvalue weighted by Gasteiger charge is -2.22. The number of imidazole rings is 1. The Labute approximate surface area is 163 Å². The fraction of sp³-hybridized carbons (Fsp3) is 0.0870. The van der Waals surface area contributed by atoms with Crippen molar-refractivity contribution < 1.29 is 4.79 Å². The number of pyridine rings is 1. The quantitative estimate of drug-likeness (QED) is 0.551. The van der Waals surface area contributed by atoms with Crippen LogP contribution in [-0.2, 0) is 13.1 Å². The van der Waals surface area contributed by atoms with Gasteiger partial charge in [-0.25, -0.2) is 4.98 Å². The molecule has 0 saturated heterocycles. The maximum absolute atomic E-state index is 13.0. The average Bonchev–Trinajstić information content (AvgIpc) is 3.28. The summed E-state index contributed by atoms with van der Waals surface area (Å²) < 4.78 is 0. The van der Waals surface area contributed by atoms with Crippen LogP contribution in [0.1, 0.15) is 21.7 Å². The maximum Gasteiger partial charge on any atom is 0.254 e. The highest BCUT2D eigenvalue weighted by atomic mass is 16.2. The molecule has 5 nitrogen and oxygen atoms in total. The van der Waals surface area contributed by atoms with E-state index in [0.717, 1.165) is 17.0 Å². The highest BCUT2D eigenvalue weighted by Crippen LogP contribution is 2.20. The van der Waals surface area contributed by atoms with Gasteiger partial charge in [-0.1, -0.05) is 54.6 Å². The molecule has 1 amide bonds. The molecule has 0 aliphatic heterocycles. The number of nitrogens with zero attached hydrogens (tertiary/aromatic N) is 3. The molecule has 0 bridgehead atoms. The van der Waals surface area contributed by atoms with Gasteiger partial charge in [-0.2, -0.15) is 0 Å². The Morgan fingerprint density at radius 1 is 0.821 bits per heavy atom. The van der Waals surface area contributed by atoms with E-state index in [-0.39, 0.29) is 5.91 Å². The molecule has 0 fully saturated rings. The predicted molar refractivity (Wildman–Crippen MR) is 108 cm³/mol. The van der Waals surface area contributed by atoms with E-state index in [9.17, 15) is 4.79 Å². The van der Waals surface area contributed by atoms with Crippen molar-refractivity contribution in [1.82, 2.24) is 19.9 Å². The zero-order chi connectivity index (χ0) is 19.2. The van der Waals surface area contributed by atoms with Gasteiger partial charge in [-0.3, -0.25) is 9.78 Å². The largest absolute Gasteiger partial charge is 0.347 e. The van der Waals surface area contributed by atoms with Crippen LogP contribution >= 0.6 is 0 Å². The fourth-order valence-corrected chi connectivity index (χ4v) is 3.10. The Kier molecular flexibility index (Phi) is 5.24. The van der Waals surface area contributed by atoms with Gasteiger partial charge in [0.05, 0.1) is 6.54 Å². The van der Waals surface area contributed by atoms with Gasteiger partial charge in [0.25, 0.3) is 5.91 Å². The van der Waals surface area contributed by atoms with Crippen LogP contribution in [0, 0.1) is 0 Å². The van der Waals surface area contributed by atoms with E-state index in [1.54, 1.807) is 41.8 Å². The summed E-state index contributed by atoms with van der Waals surface area (Å²) in [5.74, 6) is 0.703. The summed E-state index contributed by atoms with van der Waals surface area (Å²) in [7, 11) is 0. The van der Waals surface area contributed by atoms with Crippen molar-refractivity contribution in [2.75, 3.05) is 0 Å². The van der Waals surface area contributed by atoms with Crippen LogP contribution < -0.4 is 0 Å². The highest BCUT2D eigenvalue weighted by molar-refractivity contribution is 5.94. The van der Waals surface area contributed by atoms with Crippen molar-refractivity contribution in [3.63, 3.8) is 0 Å². The van der Waals surface area contributed by atoms with Crippen LogP contribution in [0.2, 0.25) is 0 Å². The highest BCUT2D eigenvalue weighted by Gasteiger charge is 2.17. The first kappa shape index (κ1) is 17.7. The van der Waals surface area contributed by atoms with Crippen molar-refractivity contribution in [2.45, 2.75) is 13.1 Å². The lowest BCUT2D eigenvalue weighted by atomic mass is 10.0. The molecule has 0 radical (unpaired) electrons. The first-order valence-corrected chi connectivity index (χ1v) is 9.11. The first-order valence-electron chi connectivity index (χ1n) is 9.11. The minimum Gasteiger partial charge on any atom is -0.347 e. The zero-order valence-electron chi connectivity index (χ0n) is 15.3. The third kappa shape index (κ3) is 4.15. The van der Waals surface area contributed by atoms with Gasteiger partial charge in [0, 0.05) is 36.9 Å². The average molecular weight is 368 g/mol. The summed E-state index contributed by atoms with van der Waals surface area (Å²) in [6.45, 7) is 0.908. The van der Waals surface area contributed by atoms with E-state index in [4.69, 9.17) is 0 Å². The number of amides is 1. The SMILES string of the molecule is O=C(c1ccncc1)N(Cc1ccc(-c2ccccc2)cc1)Cc1ncc[nH]1. The van der Waals surface area contributed by atoms with Gasteiger partial charge in [0.1, 0.15) is 5.82 Å². The second kappa shape index (κ2) is 8.31. The molecule has 138 valence electrons. The van der Waals surface area contributed by atoms with Crippen molar-refractivity contribution in [1.29, 1.82) is 0 Å². The van der Waals surface area contributed by atoms with E-state index in [1.807, 2.05) is 18.2 Å². The molecule has 2 aromatic heterocycles. The number of nitrogens with one attached hydrogen (secondary N) is 1. The second-order valence-corrected chi connectivity index (χ2v) is 6.50. The van der Waals surface area contributed by atoms with Gasteiger partial charge in [-0.05, 0) is 28.8 Å². The molecular weight excluding hydrogens is 348 g/mol. The predicted octanol–water partition coefficient (Wildman–Crippen LogP) is 4.31. The van der Waals surface area contributed by atoms with Gasteiger partial charge >= 0.3 is 0 Å². The molecule has 0 saturated carbocycles. The first-order chi connectivity index (χ1) is 13.8. The molecule has 2 heterocycles. The van der Waals surface area contributed by atoms with E-state index < -0.39 is 0 Å². The Bertz CT molecular complexity index is 1010. The fourth-order valence-electron chi connectivity index (χ4n) is 3.10. The minimum atomic E-state index is -0.0501. The third-order valence-electron chi connectivity index (χ3n) is 4.54. The number of carbonyl (C=O) groups is 1. The second-order valence-electron chi connectivity index (χ2n) is 6.50. The van der Waals surface area contributed by atoms with Crippen molar-refractivity contribution in [2.24, 2.45) is 0 Å². The number of carbonyl (C=O) groups excluding carboxylic acids is 1. The number of benzene rings is 2. The topological polar surface area (TPSA) is 61.9 Å². The van der Waals surface area contributed by atoms with E-state index >= 15 is 0 Å². The van der Waals surface area contributed by atoms with E-state index in [1.165, 1.54) is 5.56 Å². The number of H-pyrrole nitrogens is 1. The molecule has 4 aromatic rings. The van der Waals surface area contributed by atoms with Crippen LogP contribution in [0.3, 0.4) is 0 Å². The van der Waals surface area contributed by atoms with Crippen LogP contribution in [0.5, 0.6) is 0 Å². The monoisotopic (exact) mass is 368 g/mol. The number of rotatable bonds is 6. The number of aromatic amines is 1. The summed E-state index contributed by atoms with van der Waals surface area (Å²) in [4.78, 5) is 26.1. The number of hydrogen-bond acceptors (Lipinski definition) is 3. The Morgan fingerprint density at radius 3 is 2.21 bits per heavy atom. The lowest BCUT2D eigenvalue weighted by Crippen LogP contribution is -2.30. The Balaban J connectivity index is 1.56. The van der Waals surface area contributed by atoms with Crippen LogP contribution in [0.4, 0.5) is 0 Å². The molecule has 28 heavy (non-hydrogen) atoms. The molecule has 0 atom stereocenters. The molecule has 0 spiro atoms. The Hall–Kier alpha value is -3.73. The standard InChI is InChI=1S/C23H20N4O/c28-23(21-10-12-24-13-11-21)27(17-22-25-14-15-26-22)16-18-6-8-20(9-7-18)19-4-2-1-3-5-19/h1-15H,16-17H2,(H,25,26). The molecule has 0 aliphatic rings. The smallest absolute Gasteiger partial charge is 0.254 e. The number of hydrogen-bond donors (Lipinski definition) is 1. The molecule has 2 aromatic carbocycles. The number of aromatic nitrogens is 3. The van der Waals surface area contributed by atoms with Crippen molar-refractivity contribution in [3.05, 3.63) is 108 Å². The molecule has 1 N–H and O–H groups in total. The molecular formula is C23H20N4O. The summed E-state index contributed by atoms with van der Waals surface area (Å²) in [6, 6.07) is 22.0. The van der Waals surface area contributed by atoms with Crippen molar-refractivity contribution in [3.8, 4) is 11.1 Å². The van der Waals surface area contributed by atoms with Crippen LogP contribution in [0.15, 0.2) is 91.5 Å². The van der Waals surface area contributed by atoms with Gasteiger partial charge in [0.15, 0.2) is 0 Å². The van der Waals surface area contributed by atoms with E-state index in [0.29, 0.717) is 18.7 Å². The van der Waals surface area contributed by atoms with E-state index in [2.05, 4.69) is 51.4 Å². The molecule has 5 heteroatoms. The normalized spacial score (nSPS) is 10.6. The van der Waals surface area contributed by atoms with Crippen LogP contribution in [0.25, 0.3) is 11.1 Å². The Morgan fingerprint density at radius 2 is 1.54 bits per heavy atom. The van der Waals surface area contributed by atoms with Gasteiger partial charge in [-0.15, -0.1) is 0 Å². The summed E-state index contributed by atoms with van der Waals surface area (Å²) in [5, 5.41) is 0. The van der Waals surface area contributed by atoms with Crippen molar-refractivity contribution >= 4 is 5.91 Å². The lowest BCUT2D eigenvalue weighted by molar-refractivity contribution is 0.0725. The minimum absolute atomic E-state index is 0.0501. The molecule has 4 rings (SSSR count). The zero-order valence-corrected chi connectivity index (χ0v) is 15.3. The summed E-state index contributed by atoms with van der Waals surface area (Å²) in [6.07, 6.45) is 6.72. The van der Waals surface area contributed by atoms with Gasteiger partial charge < -0.3 is 9.88 Å². The summed E-state index contributed by atoms with van der Waals surface area (Å²) >= 11 is 0. The third-order valence-corrected chi connectivity index (χ3v) is 4.54. The maximum atomic E-state index is 13.0. The molecule has 0 aliphatic carbocycles. The molecule has 0 unspecified atom stereocenters. The summed E-state index contributed by atoms with van der Waals surface area (Å²) in [5.41, 5.74) is 4.01. The van der Waals surface area contributed by atoms with Gasteiger partial charge in [0.2, 0.25) is 0 Å². The van der Waals surface area contributed by atoms with Crippen LogP contribution in [-0.4, -0.2) is 25.8 Å².